The molecule has 18 heavy (non-hydrogen) atoms. The molecule has 0 aliphatic heterocycles. The van der Waals surface area contributed by atoms with Gasteiger partial charge in [0.05, 0.1) is 21.5 Å². The molecule has 0 saturated carbocycles. The average molecular weight is 252 g/mol. The van der Waals surface area contributed by atoms with Crippen LogP contribution in [0.4, 0.5) is 8.78 Å². The first-order valence-electron chi connectivity index (χ1n) is 4.69. The van der Waals surface area contributed by atoms with Gasteiger partial charge in [-0.05, 0) is 0 Å². The number of hydrogen-bond acceptors (Lipinski definition) is 4. The highest BCUT2D eigenvalue weighted by molar-refractivity contribution is 5.99. The maximum atomic E-state index is 13.9. The van der Waals surface area contributed by atoms with Crippen LogP contribution in [-0.4, -0.2) is 9.97 Å². The molecule has 0 amide bonds. The van der Waals surface area contributed by atoms with Crippen LogP contribution in [-0.2, 0) is 0 Å². The van der Waals surface area contributed by atoms with Crippen LogP contribution in [0.5, 0.6) is 0 Å². The zero-order valence-corrected chi connectivity index (χ0v) is 8.39. The highest BCUT2D eigenvalue weighted by atomic mass is 19.1. The first-order valence-corrected chi connectivity index (χ1v) is 4.69. The summed E-state index contributed by atoms with van der Waals surface area (Å²) in [6.45, 7) is 0. The van der Waals surface area contributed by atoms with E-state index in [9.17, 15) is 28.0 Å². The number of hydrogen-bond donors (Lipinski definition) is 2. The van der Waals surface area contributed by atoms with Crippen molar-refractivity contribution in [3.05, 3.63) is 53.0 Å². The summed E-state index contributed by atoms with van der Waals surface area (Å²) in [6.07, 6.45) is 0. The van der Waals surface area contributed by atoms with E-state index < -0.39 is 55.4 Å². The molecule has 2 aromatic heterocycles. The fourth-order valence-corrected chi connectivity index (χ4v) is 2.00. The Morgan fingerprint density at radius 3 is 1.00 bits per heavy atom. The maximum Gasteiger partial charge on any atom is 0.262 e. The van der Waals surface area contributed by atoms with Gasteiger partial charge < -0.3 is 0 Å². The van der Waals surface area contributed by atoms with Crippen molar-refractivity contribution in [3.8, 4) is 0 Å². The van der Waals surface area contributed by atoms with E-state index >= 15 is 0 Å². The number of halogens is 2. The van der Waals surface area contributed by atoms with Gasteiger partial charge in [0.25, 0.3) is 22.2 Å². The van der Waals surface area contributed by atoms with E-state index in [2.05, 4.69) is 0 Å². The molecule has 2 N–H and O–H groups in total. The van der Waals surface area contributed by atoms with Crippen LogP contribution in [0.1, 0.15) is 0 Å². The van der Waals surface area contributed by atoms with Crippen molar-refractivity contribution in [2.24, 2.45) is 0 Å². The zero-order valence-electron chi connectivity index (χ0n) is 8.39. The van der Waals surface area contributed by atoms with Gasteiger partial charge in [-0.15, -0.1) is 0 Å². The minimum absolute atomic E-state index is 0.846. The number of fused-ring (bicyclic) bond motifs is 2. The van der Waals surface area contributed by atoms with Crippen molar-refractivity contribution in [2.75, 3.05) is 0 Å². The van der Waals surface area contributed by atoms with E-state index in [0.717, 1.165) is 0 Å². The van der Waals surface area contributed by atoms with Crippen LogP contribution < -0.4 is 22.2 Å². The molecular weight excluding hydrogens is 250 g/mol. The Morgan fingerprint density at radius 1 is 0.556 bits per heavy atom. The van der Waals surface area contributed by atoms with E-state index in [1.807, 2.05) is 0 Å². The minimum Gasteiger partial charge on any atom is -0.288 e. The number of aromatic amines is 2. The number of aromatic nitrogens is 2. The summed E-state index contributed by atoms with van der Waals surface area (Å²) in [4.78, 5) is 48.5. The Kier molecular flexibility index (Phi) is 1.74. The van der Waals surface area contributed by atoms with E-state index in [4.69, 9.17) is 0 Å². The Bertz CT molecular complexity index is 862. The predicted molar refractivity (Wildman–Crippen MR) is 57.5 cm³/mol. The monoisotopic (exact) mass is 252 g/mol. The van der Waals surface area contributed by atoms with Crippen LogP contribution in [0.3, 0.4) is 0 Å². The quantitative estimate of drug-likeness (QED) is 0.549. The topological polar surface area (TPSA) is 99.9 Å². The van der Waals surface area contributed by atoms with Gasteiger partial charge in [-0.3, -0.25) is 29.1 Å². The van der Waals surface area contributed by atoms with Gasteiger partial charge in [0.15, 0.2) is 11.6 Å². The number of H-pyrrole nitrogens is 2. The molecule has 90 valence electrons. The summed E-state index contributed by atoms with van der Waals surface area (Å²) in [6, 6.07) is 0. The summed E-state index contributed by atoms with van der Waals surface area (Å²) in [7, 11) is 0. The molecule has 0 spiro atoms. The number of rotatable bonds is 0. The van der Waals surface area contributed by atoms with E-state index in [0.29, 0.717) is 0 Å². The van der Waals surface area contributed by atoms with Crippen molar-refractivity contribution in [1.29, 1.82) is 0 Å². The number of nitrogens with one attached hydrogen (secondary N) is 2. The molecule has 0 aliphatic carbocycles. The predicted octanol–water partition coefficient (Wildman–Crippen LogP) is -0.756. The van der Waals surface area contributed by atoms with Crippen molar-refractivity contribution >= 4 is 21.5 Å². The molecule has 3 rings (SSSR count). The van der Waals surface area contributed by atoms with E-state index in [1.54, 1.807) is 9.97 Å². The molecule has 1 aromatic carbocycles. The van der Waals surface area contributed by atoms with Crippen LogP contribution in [0, 0.1) is 11.6 Å². The zero-order chi connectivity index (χ0) is 13.2. The normalized spacial score (nSPS) is 11.7. The van der Waals surface area contributed by atoms with Gasteiger partial charge in [-0.25, -0.2) is 8.78 Å². The summed E-state index contributed by atoms with van der Waals surface area (Å²) in [5, 5.41) is -3.38. The molecule has 0 aliphatic rings. The molecule has 0 unspecified atom stereocenters. The van der Waals surface area contributed by atoms with Crippen molar-refractivity contribution in [3.63, 3.8) is 0 Å². The third-order valence-corrected chi connectivity index (χ3v) is 2.74. The lowest BCUT2D eigenvalue weighted by atomic mass is 10.1. The van der Waals surface area contributed by atoms with Crippen LogP contribution in [0.25, 0.3) is 21.5 Å². The van der Waals surface area contributed by atoms with Crippen molar-refractivity contribution in [1.82, 2.24) is 9.97 Å². The van der Waals surface area contributed by atoms with Gasteiger partial charge in [-0.2, -0.15) is 0 Å². The van der Waals surface area contributed by atoms with E-state index in [1.165, 1.54) is 0 Å². The average Bonchev–Trinajstić information content (AvgIpc) is 2.73. The lowest BCUT2D eigenvalue weighted by Gasteiger charge is -1.95. The van der Waals surface area contributed by atoms with Crippen LogP contribution in [0.15, 0.2) is 19.2 Å². The Labute approximate surface area is 94.2 Å². The Hall–Kier alpha value is -2.64. The molecule has 2 heterocycles. The van der Waals surface area contributed by atoms with E-state index in [-0.39, 0.29) is 0 Å². The fraction of sp³-hybridized carbons (Fsp3) is 0. The second-order valence-corrected chi connectivity index (χ2v) is 3.69. The third-order valence-electron chi connectivity index (χ3n) is 2.74. The first kappa shape index (κ1) is 10.5. The fourth-order valence-electron chi connectivity index (χ4n) is 2.00. The molecule has 6 nitrogen and oxygen atoms in total. The lowest BCUT2D eigenvalue weighted by Crippen LogP contribution is -2.08. The Morgan fingerprint density at radius 2 is 0.778 bits per heavy atom. The van der Waals surface area contributed by atoms with Crippen molar-refractivity contribution < 1.29 is 8.78 Å². The molecule has 0 bridgehead atoms. The molecule has 8 heteroatoms. The molecule has 3 aromatic rings. The largest absolute Gasteiger partial charge is 0.288 e. The molecule has 0 radical (unpaired) electrons. The molecule has 0 saturated heterocycles. The van der Waals surface area contributed by atoms with Gasteiger partial charge in [0, 0.05) is 0 Å². The summed E-state index contributed by atoms with van der Waals surface area (Å²) < 4.78 is 27.8. The van der Waals surface area contributed by atoms with Gasteiger partial charge in [0.1, 0.15) is 0 Å². The highest BCUT2D eigenvalue weighted by Gasteiger charge is 2.25. The summed E-state index contributed by atoms with van der Waals surface area (Å²) in [5.74, 6) is -2.73. The van der Waals surface area contributed by atoms with Gasteiger partial charge in [-0.1, -0.05) is 0 Å². The second-order valence-electron chi connectivity index (χ2n) is 3.69. The SMILES string of the molecule is O=c1[nH]c(=O)c2c(F)c3c(=O)[nH]c(=O)c3c(F)c12. The smallest absolute Gasteiger partial charge is 0.262 e. The second kappa shape index (κ2) is 2.97. The summed E-state index contributed by atoms with van der Waals surface area (Å²) >= 11 is 0. The van der Waals surface area contributed by atoms with Crippen LogP contribution in [0.2, 0.25) is 0 Å². The molecular formula is C10H2F2N2O4. The van der Waals surface area contributed by atoms with Gasteiger partial charge >= 0.3 is 0 Å². The first-order chi connectivity index (χ1) is 8.43. The van der Waals surface area contributed by atoms with Crippen molar-refractivity contribution in [2.45, 2.75) is 0 Å². The minimum atomic E-state index is -1.37. The van der Waals surface area contributed by atoms with Crippen LogP contribution >= 0.6 is 0 Å². The highest BCUT2D eigenvalue weighted by Crippen LogP contribution is 2.22. The Balaban J connectivity index is 2.94. The van der Waals surface area contributed by atoms with Gasteiger partial charge in [0.2, 0.25) is 0 Å². The standard InChI is InChI=1S/C10H2F2N2O4/c11-5-1-2(8(16)13-7(1)15)6(12)4-3(5)9(17)14-10(4)18/h(H,13,15,16)(H,14,17,18). The number of benzene rings is 1. The molecule has 0 atom stereocenters. The lowest BCUT2D eigenvalue weighted by molar-refractivity contribution is 0.634. The summed E-state index contributed by atoms with van der Waals surface area (Å²) in [5.41, 5.74) is -4.55. The maximum absolute atomic E-state index is 13.9. The third kappa shape index (κ3) is 0.992. The molecule has 0 fully saturated rings.